The lowest BCUT2D eigenvalue weighted by Gasteiger charge is -2.34. The van der Waals surface area contributed by atoms with Crippen molar-refractivity contribution in [2.45, 2.75) is 59.7 Å². The van der Waals surface area contributed by atoms with Gasteiger partial charge in [-0.05, 0) is 34.6 Å². The normalized spacial score (nSPS) is 14.4. The maximum Gasteiger partial charge on any atom is 0.279 e. The lowest BCUT2D eigenvalue weighted by atomic mass is 10.1. The SMILES string of the molecule is Cc1cc(C(=O)Nc2nc3c(s2)CN(CC(=O)N(C(C)C)C(C)C)CC3)no1. The molecule has 152 valence electrons. The van der Waals surface area contributed by atoms with E-state index >= 15 is 0 Å². The van der Waals surface area contributed by atoms with E-state index in [2.05, 4.69) is 20.4 Å². The van der Waals surface area contributed by atoms with Gasteiger partial charge in [-0.3, -0.25) is 19.8 Å². The number of fused-ring (bicyclic) bond motifs is 1. The van der Waals surface area contributed by atoms with Gasteiger partial charge in [-0.15, -0.1) is 11.3 Å². The van der Waals surface area contributed by atoms with Crippen LogP contribution in [0.15, 0.2) is 10.6 Å². The van der Waals surface area contributed by atoms with Gasteiger partial charge in [0.15, 0.2) is 10.8 Å². The zero-order valence-electron chi connectivity index (χ0n) is 17.0. The van der Waals surface area contributed by atoms with Gasteiger partial charge in [0.25, 0.3) is 5.91 Å². The summed E-state index contributed by atoms with van der Waals surface area (Å²) >= 11 is 1.45. The highest BCUT2D eigenvalue weighted by Gasteiger charge is 2.26. The Hall–Kier alpha value is -2.26. The Morgan fingerprint density at radius 1 is 1.32 bits per heavy atom. The Kier molecular flexibility index (Phi) is 6.14. The number of hydrogen-bond donors (Lipinski definition) is 1. The molecular weight excluding hydrogens is 378 g/mol. The lowest BCUT2D eigenvalue weighted by molar-refractivity contribution is -0.136. The van der Waals surface area contributed by atoms with E-state index in [4.69, 9.17) is 4.52 Å². The molecule has 28 heavy (non-hydrogen) atoms. The summed E-state index contributed by atoms with van der Waals surface area (Å²) in [7, 11) is 0. The van der Waals surface area contributed by atoms with Gasteiger partial charge in [0, 0.05) is 42.5 Å². The highest BCUT2D eigenvalue weighted by Crippen LogP contribution is 2.28. The smallest absolute Gasteiger partial charge is 0.279 e. The van der Waals surface area contributed by atoms with Crippen molar-refractivity contribution in [1.29, 1.82) is 0 Å². The first-order valence-electron chi connectivity index (χ1n) is 9.51. The van der Waals surface area contributed by atoms with Gasteiger partial charge in [-0.1, -0.05) is 5.16 Å². The molecule has 8 nitrogen and oxygen atoms in total. The number of nitrogens with zero attached hydrogens (tertiary/aromatic N) is 4. The molecule has 0 atom stereocenters. The molecular formula is C19H27N5O3S. The average molecular weight is 406 g/mol. The first-order valence-corrected chi connectivity index (χ1v) is 10.3. The van der Waals surface area contributed by atoms with E-state index < -0.39 is 0 Å². The van der Waals surface area contributed by atoms with Crippen molar-refractivity contribution < 1.29 is 14.1 Å². The maximum absolute atomic E-state index is 12.7. The molecule has 3 heterocycles. The lowest BCUT2D eigenvalue weighted by Crippen LogP contribution is -2.47. The molecule has 0 radical (unpaired) electrons. The number of thiazole rings is 1. The Labute approximate surface area is 168 Å². The van der Waals surface area contributed by atoms with Crippen LogP contribution in [0.3, 0.4) is 0 Å². The monoisotopic (exact) mass is 405 g/mol. The molecule has 0 saturated carbocycles. The van der Waals surface area contributed by atoms with Gasteiger partial charge in [0.05, 0.1) is 12.2 Å². The van der Waals surface area contributed by atoms with E-state index in [1.807, 2.05) is 32.6 Å². The van der Waals surface area contributed by atoms with Crippen LogP contribution >= 0.6 is 11.3 Å². The van der Waals surface area contributed by atoms with Gasteiger partial charge < -0.3 is 9.42 Å². The molecule has 0 spiro atoms. The van der Waals surface area contributed by atoms with Crippen LogP contribution in [0.1, 0.15) is 54.5 Å². The van der Waals surface area contributed by atoms with Crippen LogP contribution in [0.2, 0.25) is 0 Å². The molecule has 1 N–H and O–H groups in total. The van der Waals surface area contributed by atoms with E-state index in [0.717, 1.165) is 23.5 Å². The Morgan fingerprint density at radius 3 is 2.64 bits per heavy atom. The third kappa shape index (κ3) is 4.59. The molecule has 1 aliphatic rings. The molecule has 0 aliphatic carbocycles. The number of nitrogens with one attached hydrogen (secondary N) is 1. The molecule has 2 aromatic rings. The van der Waals surface area contributed by atoms with E-state index in [1.54, 1.807) is 13.0 Å². The second kappa shape index (κ2) is 8.40. The second-order valence-corrected chi connectivity index (χ2v) is 8.70. The van der Waals surface area contributed by atoms with Crippen LogP contribution in [0, 0.1) is 6.92 Å². The van der Waals surface area contributed by atoms with Crippen molar-refractivity contribution >= 4 is 28.3 Å². The number of hydrogen-bond acceptors (Lipinski definition) is 7. The van der Waals surface area contributed by atoms with Crippen molar-refractivity contribution in [1.82, 2.24) is 19.9 Å². The fourth-order valence-corrected chi connectivity index (χ4v) is 4.56. The van der Waals surface area contributed by atoms with Crippen LogP contribution in [-0.2, 0) is 17.8 Å². The standard InChI is InChI=1S/C19H27N5O3S/c1-11(2)24(12(3)4)17(25)10-23-7-6-14-16(9-23)28-19(20-14)21-18(26)15-8-13(5)27-22-15/h8,11-12H,6-7,9-10H2,1-5H3,(H,20,21,26). The minimum atomic E-state index is -0.334. The topological polar surface area (TPSA) is 91.6 Å². The average Bonchev–Trinajstić information content (AvgIpc) is 3.19. The summed E-state index contributed by atoms with van der Waals surface area (Å²) in [4.78, 5) is 34.6. The first kappa shape index (κ1) is 20.5. The summed E-state index contributed by atoms with van der Waals surface area (Å²) in [5, 5.41) is 7.06. The zero-order valence-corrected chi connectivity index (χ0v) is 17.8. The van der Waals surface area contributed by atoms with Crippen LogP contribution in [0.4, 0.5) is 5.13 Å². The van der Waals surface area contributed by atoms with Gasteiger partial charge in [0.2, 0.25) is 5.91 Å². The number of carbonyl (C=O) groups is 2. The molecule has 0 unspecified atom stereocenters. The van der Waals surface area contributed by atoms with Crippen LogP contribution in [-0.4, -0.2) is 56.9 Å². The Bertz CT molecular complexity index is 850. The summed E-state index contributed by atoms with van der Waals surface area (Å²) < 4.78 is 4.94. The predicted octanol–water partition coefficient (Wildman–Crippen LogP) is 2.70. The summed E-state index contributed by atoms with van der Waals surface area (Å²) in [6, 6.07) is 1.95. The fraction of sp³-hybridized carbons (Fsp3) is 0.579. The van der Waals surface area contributed by atoms with Crippen molar-refractivity contribution in [3.63, 3.8) is 0 Å². The Morgan fingerprint density at radius 2 is 2.04 bits per heavy atom. The number of carbonyl (C=O) groups excluding carboxylic acids is 2. The number of aromatic nitrogens is 2. The van der Waals surface area contributed by atoms with E-state index in [1.165, 1.54) is 11.3 Å². The molecule has 0 saturated heterocycles. The number of anilines is 1. The number of rotatable bonds is 6. The molecule has 2 amide bonds. The van der Waals surface area contributed by atoms with Crippen molar-refractivity contribution in [2.24, 2.45) is 0 Å². The van der Waals surface area contributed by atoms with E-state index in [9.17, 15) is 9.59 Å². The molecule has 3 rings (SSSR count). The van der Waals surface area contributed by atoms with Crippen LogP contribution < -0.4 is 5.32 Å². The Balaban J connectivity index is 1.62. The van der Waals surface area contributed by atoms with E-state index in [0.29, 0.717) is 24.0 Å². The van der Waals surface area contributed by atoms with Gasteiger partial charge in [-0.2, -0.15) is 0 Å². The maximum atomic E-state index is 12.7. The van der Waals surface area contributed by atoms with Crippen molar-refractivity contribution in [2.75, 3.05) is 18.4 Å². The van der Waals surface area contributed by atoms with Crippen molar-refractivity contribution in [3.05, 3.63) is 28.1 Å². The van der Waals surface area contributed by atoms with Crippen LogP contribution in [0.25, 0.3) is 0 Å². The summed E-state index contributed by atoms with van der Waals surface area (Å²) in [6.45, 7) is 11.8. The highest BCUT2D eigenvalue weighted by molar-refractivity contribution is 7.15. The molecule has 0 bridgehead atoms. The zero-order chi connectivity index (χ0) is 20.4. The van der Waals surface area contributed by atoms with E-state index in [-0.39, 0.29) is 29.6 Å². The summed E-state index contributed by atoms with van der Waals surface area (Å²) in [6.07, 6.45) is 0.765. The van der Waals surface area contributed by atoms with Gasteiger partial charge >= 0.3 is 0 Å². The molecule has 0 fully saturated rings. The van der Waals surface area contributed by atoms with Crippen molar-refractivity contribution in [3.8, 4) is 0 Å². The third-order valence-corrected chi connectivity index (χ3v) is 5.65. The third-order valence-electron chi connectivity index (χ3n) is 4.65. The quantitative estimate of drug-likeness (QED) is 0.794. The second-order valence-electron chi connectivity index (χ2n) is 7.61. The van der Waals surface area contributed by atoms with Gasteiger partial charge in [0.1, 0.15) is 5.76 Å². The minimum absolute atomic E-state index is 0.146. The van der Waals surface area contributed by atoms with Crippen LogP contribution in [0.5, 0.6) is 0 Å². The number of aryl methyl sites for hydroxylation is 1. The molecule has 9 heteroatoms. The first-order chi connectivity index (χ1) is 13.2. The fourth-order valence-electron chi connectivity index (χ4n) is 3.52. The van der Waals surface area contributed by atoms with Gasteiger partial charge in [-0.25, -0.2) is 4.98 Å². The minimum Gasteiger partial charge on any atom is -0.361 e. The molecule has 0 aromatic carbocycles. The predicted molar refractivity (Wildman–Crippen MR) is 107 cm³/mol. The molecule has 1 aliphatic heterocycles. The largest absolute Gasteiger partial charge is 0.361 e. The summed E-state index contributed by atoms with van der Waals surface area (Å²) in [5.74, 6) is 0.396. The highest BCUT2D eigenvalue weighted by atomic mass is 32.1. The molecule has 2 aromatic heterocycles. The number of amides is 2. The summed E-state index contributed by atoms with van der Waals surface area (Å²) in [5.41, 5.74) is 1.23.